The first-order valence-electron chi connectivity index (χ1n) is 6.57. The van der Waals surface area contributed by atoms with E-state index in [-0.39, 0.29) is 5.75 Å². The minimum atomic E-state index is -0.416. The second kappa shape index (κ2) is 4.92. The third-order valence-electron chi connectivity index (χ3n) is 3.53. The fraction of sp³-hybridized carbons (Fsp3) is 0.267. The van der Waals surface area contributed by atoms with Crippen LogP contribution >= 0.6 is 0 Å². The van der Waals surface area contributed by atoms with Gasteiger partial charge in [-0.25, -0.2) is 0 Å². The Hall–Kier alpha value is -2.43. The van der Waals surface area contributed by atoms with E-state index in [0.717, 1.165) is 37.0 Å². The van der Waals surface area contributed by atoms with Crippen molar-refractivity contribution in [2.45, 2.75) is 19.4 Å². The van der Waals surface area contributed by atoms with Gasteiger partial charge in [0.15, 0.2) is 5.75 Å². The Bertz CT molecular complexity index is 694. The molecule has 0 spiro atoms. The average Bonchev–Trinajstić information content (AvgIpc) is 2.43. The van der Waals surface area contributed by atoms with Crippen molar-refractivity contribution in [3.63, 3.8) is 0 Å². The molecule has 0 unspecified atom stereocenters. The molecule has 5 heteroatoms. The molecule has 0 radical (unpaired) electrons. The Morgan fingerprint density at radius 2 is 2.20 bits per heavy atom. The lowest BCUT2D eigenvalue weighted by Crippen LogP contribution is -2.29. The number of anilines is 2. The van der Waals surface area contributed by atoms with Crippen LogP contribution in [0.25, 0.3) is 0 Å². The van der Waals surface area contributed by atoms with Crippen molar-refractivity contribution in [2.24, 2.45) is 0 Å². The van der Waals surface area contributed by atoms with Crippen LogP contribution in [0.4, 0.5) is 11.4 Å². The van der Waals surface area contributed by atoms with Gasteiger partial charge in [-0.05, 0) is 36.6 Å². The number of hydrogen-bond donors (Lipinski definition) is 2. The third-order valence-corrected chi connectivity index (χ3v) is 3.53. The summed E-state index contributed by atoms with van der Waals surface area (Å²) in [6.45, 7) is 1.41. The topological polar surface area (TPSA) is 79.7 Å². The maximum Gasteiger partial charge on any atom is 0.226 e. The molecule has 0 saturated heterocycles. The van der Waals surface area contributed by atoms with E-state index in [0.29, 0.717) is 12.3 Å². The molecule has 0 bridgehead atoms. The summed E-state index contributed by atoms with van der Waals surface area (Å²) in [4.78, 5) is 13.6. The number of hydrogen-bond acceptors (Lipinski definition) is 5. The molecular weight excluding hydrogens is 256 g/mol. The van der Waals surface area contributed by atoms with Crippen LogP contribution in [0, 0.1) is 0 Å². The van der Waals surface area contributed by atoms with Gasteiger partial charge in [0.1, 0.15) is 12.0 Å². The molecule has 0 aliphatic carbocycles. The SMILES string of the molecule is Nc1ccc2c(c1)CCCN2Cc1cc(=O)c(O)co1. The van der Waals surface area contributed by atoms with Crippen molar-refractivity contribution in [3.05, 3.63) is 52.1 Å². The van der Waals surface area contributed by atoms with Crippen LogP contribution in [0.5, 0.6) is 5.75 Å². The van der Waals surface area contributed by atoms with Gasteiger partial charge in [0.05, 0.1) is 6.54 Å². The predicted molar refractivity (Wildman–Crippen MR) is 76.9 cm³/mol. The van der Waals surface area contributed by atoms with Crippen molar-refractivity contribution in [1.29, 1.82) is 0 Å². The Labute approximate surface area is 116 Å². The van der Waals surface area contributed by atoms with Crippen LogP contribution in [0.15, 0.2) is 39.7 Å². The largest absolute Gasteiger partial charge is 0.502 e. The lowest BCUT2D eigenvalue weighted by molar-refractivity contribution is 0.410. The van der Waals surface area contributed by atoms with Gasteiger partial charge in [-0.2, -0.15) is 0 Å². The number of nitrogens with zero attached hydrogens (tertiary/aromatic N) is 1. The molecule has 1 aromatic carbocycles. The number of aromatic hydroxyl groups is 1. The summed E-state index contributed by atoms with van der Waals surface area (Å²) in [7, 11) is 0. The minimum absolute atomic E-state index is 0.361. The van der Waals surface area contributed by atoms with Crippen LogP contribution < -0.4 is 16.1 Å². The zero-order valence-electron chi connectivity index (χ0n) is 11.0. The molecule has 20 heavy (non-hydrogen) atoms. The van der Waals surface area contributed by atoms with Gasteiger partial charge >= 0.3 is 0 Å². The van der Waals surface area contributed by atoms with E-state index in [1.165, 1.54) is 11.6 Å². The predicted octanol–water partition coefficient (Wildman–Crippen LogP) is 1.88. The molecule has 0 fully saturated rings. The lowest BCUT2D eigenvalue weighted by Gasteiger charge is -2.31. The second-order valence-electron chi connectivity index (χ2n) is 5.01. The maximum atomic E-state index is 11.4. The second-order valence-corrected chi connectivity index (χ2v) is 5.01. The summed E-state index contributed by atoms with van der Waals surface area (Å²) < 4.78 is 5.26. The van der Waals surface area contributed by atoms with E-state index in [4.69, 9.17) is 10.2 Å². The molecule has 1 aliphatic rings. The quantitative estimate of drug-likeness (QED) is 0.816. The van der Waals surface area contributed by atoms with E-state index in [2.05, 4.69) is 4.90 Å². The van der Waals surface area contributed by atoms with Gasteiger partial charge in [0.25, 0.3) is 0 Å². The van der Waals surface area contributed by atoms with E-state index in [9.17, 15) is 9.90 Å². The number of benzene rings is 1. The highest BCUT2D eigenvalue weighted by molar-refractivity contribution is 5.61. The third kappa shape index (κ3) is 2.34. The first-order chi connectivity index (χ1) is 9.63. The molecule has 2 heterocycles. The Morgan fingerprint density at radius 1 is 1.35 bits per heavy atom. The summed E-state index contributed by atoms with van der Waals surface area (Å²) in [6.07, 6.45) is 3.14. The summed E-state index contributed by atoms with van der Waals surface area (Å²) >= 11 is 0. The normalized spacial score (nSPS) is 14.1. The van der Waals surface area contributed by atoms with Gasteiger partial charge in [0.2, 0.25) is 5.43 Å². The lowest BCUT2D eigenvalue weighted by atomic mass is 10.0. The highest BCUT2D eigenvalue weighted by Gasteiger charge is 2.18. The van der Waals surface area contributed by atoms with Crippen molar-refractivity contribution in [2.75, 3.05) is 17.2 Å². The van der Waals surface area contributed by atoms with Crippen molar-refractivity contribution in [3.8, 4) is 5.75 Å². The Kier molecular flexibility index (Phi) is 3.10. The average molecular weight is 272 g/mol. The van der Waals surface area contributed by atoms with Crippen LogP contribution in [0.1, 0.15) is 17.7 Å². The highest BCUT2D eigenvalue weighted by atomic mass is 16.4. The summed E-state index contributed by atoms with van der Waals surface area (Å²) in [5.74, 6) is 0.179. The van der Waals surface area contributed by atoms with E-state index >= 15 is 0 Å². The highest BCUT2D eigenvalue weighted by Crippen LogP contribution is 2.29. The maximum absolute atomic E-state index is 11.4. The van der Waals surface area contributed by atoms with Gasteiger partial charge in [-0.1, -0.05) is 0 Å². The number of fused-ring (bicyclic) bond motifs is 1. The van der Waals surface area contributed by atoms with E-state index in [1.807, 2.05) is 18.2 Å². The summed E-state index contributed by atoms with van der Waals surface area (Å²) in [5.41, 5.74) is 8.51. The van der Waals surface area contributed by atoms with Crippen molar-refractivity contribution >= 4 is 11.4 Å². The number of nitrogens with two attached hydrogens (primary N) is 1. The van der Waals surface area contributed by atoms with E-state index in [1.54, 1.807) is 0 Å². The fourth-order valence-electron chi connectivity index (χ4n) is 2.57. The first kappa shape index (κ1) is 12.6. The molecule has 0 amide bonds. The monoisotopic (exact) mass is 272 g/mol. The zero-order chi connectivity index (χ0) is 14.1. The van der Waals surface area contributed by atoms with Gasteiger partial charge in [-0.3, -0.25) is 4.79 Å². The molecule has 0 atom stereocenters. The molecule has 104 valence electrons. The zero-order valence-corrected chi connectivity index (χ0v) is 11.0. The van der Waals surface area contributed by atoms with Crippen molar-refractivity contribution < 1.29 is 9.52 Å². The number of aryl methyl sites for hydroxylation is 1. The Morgan fingerprint density at radius 3 is 3.00 bits per heavy atom. The van der Waals surface area contributed by atoms with Gasteiger partial charge in [0, 0.05) is 24.0 Å². The molecule has 0 saturated carbocycles. The van der Waals surface area contributed by atoms with Crippen LogP contribution in [0.2, 0.25) is 0 Å². The fourth-order valence-corrected chi connectivity index (χ4v) is 2.57. The molecule has 2 aromatic rings. The standard InChI is InChI=1S/C15H16N2O3/c16-11-3-4-13-10(6-11)2-1-5-17(13)8-12-7-14(18)15(19)9-20-12/h3-4,6-7,9,19H,1-2,5,8,16H2. The van der Waals surface area contributed by atoms with Crippen LogP contribution in [0.3, 0.4) is 0 Å². The number of rotatable bonds is 2. The molecule has 1 aromatic heterocycles. The smallest absolute Gasteiger partial charge is 0.226 e. The molecule has 5 nitrogen and oxygen atoms in total. The van der Waals surface area contributed by atoms with Gasteiger partial charge in [-0.15, -0.1) is 0 Å². The summed E-state index contributed by atoms with van der Waals surface area (Å²) in [6, 6.07) is 7.21. The number of nitrogen functional groups attached to an aromatic ring is 1. The first-order valence-corrected chi connectivity index (χ1v) is 6.57. The molecule has 3 N–H and O–H groups in total. The van der Waals surface area contributed by atoms with Gasteiger partial charge < -0.3 is 20.2 Å². The minimum Gasteiger partial charge on any atom is -0.502 e. The molecule has 1 aliphatic heterocycles. The summed E-state index contributed by atoms with van der Waals surface area (Å²) in [5, 5.41) is 9.20. The van der Waals surface area contributed by atoms with Crippen LogP contribution in [-0.2, 0) is 13.0 Å². The van der Waals surface area contributed by atoms with Crippen molar-refractivity contribution in [1.82, 2.24) is 0 Å². The Balaban J connectivity index is 1.89. The molecular formula is C15H16N2O3. The molecule has 3 rings (SSSR count). The van der Waals surface area contributed by atoms with Crippen LogP contribution in [-0.4, -0.2) is 11.7 Å². The van der Waals surface area contributed by atoms with E-state index < -0.39 is 5.43 Å².